The molecule has 0 fully saturated rings. The summed E-state index contributed by atoms with van der Waals surface area (Å²) in [5.74, 6) is 0.810. The van der Waals surface area contributed by atoms with Gasteiger partial charge in [-0.15, -0.1) is 35.3 Å². The van der Waals surface area contributed by atoms with Crippen LogP contribution in [-0.4, -0.2) is 33.3 Å². The van der Waals surface area contributed by atoms with Crippen molar-refractivity contribution in [1.82, 2.24) is 10.6 Å². The predicted molar refractivity (Wildman–Crippen MR) is 118 cm³/mol. The fraction of sp³-hybridized carbons (Fsp3) is 0.389. The Morgan fingerprint density at radius 2 is 1.84 bits per heavy atom. The van der Waals surface area contributed by atoms with Gasteiger partial charge in [-0.1, -0.05) is 12.1 Å². The Morgan fingerprint density at radius 3 is 2.44 bits per heavy atom. The van der Waals surface area contributed by atoms with Gasteiger partial charge in [0.05, 0.1) is 13.2 Å². The van der Waals surface area contributed by atoms with Crippen molar-refractivity contribution < 1.29 is 4.74 Å². The highest BCUT2D eigenvalue weighted by Crippen LogP contribution is 2.14. The molecule has 7 heteroatoms. The number of halogens is 1. The fourth-order valence-corrected chi connectivity index (χ4v) is 3.04. The molecule has 25 heavy (non-hydrogen) atoms. The van der Waals surface area contributed by atoms with Crippen LogP contribution in [0.4, 0.5) is 5.69 Å². The number of nitrogens with zero attached hydrogens (tertiary/aromatic N) is 1. The Kier molecular flexibility index (Phi) is 10.5. The standard InChI is InChI=1S/C18H26N4OS.HI/c1-14-8-11-24-17(14)13-22-18(19-2)21-12-15-4-6-16(7-5-15)20-9-10-23-3;/h4-8,11,20H,9-10,12-13H2,1-3H3,(H2,19,21,22);1H. The predicted octanol–water partition coefficient (Wildman–Crippen LogP) is 3.60. The second-order valence-corrected chi connectivity index (χ2v) is 6.42. The Balaban J connectivity index is 0.00000312. The van der Waals surface area contributed by atoms with E-state index in [1.165, 1.54) is 16.0 Å². The van der Waals surface area contributed by atoms with Crippen LogP contribution < -0.4 is 16.0 Å². The first kappa shape index (κ1) is 21.7. The van der Waals surface area contributed by atoms with Gasteiger partial charge in [-0.2, -0.15) is 0 Å². The Bertz CT molecular complexity index is 643. The highest BCUT2D eigenvalue weighted by molar-refractivity contribution is 14.0. The maximum absolute atomic E-state index is 5.03. The molecule has 0 aliphatic rings. The number of nitrogens with one attached hydrogen (secondary N) is 3. The van der Waals surface area contributed by atoms with Gasteiger partial charge in [0.2, 0.25) is 0 Å². The summed E-state index contributed by atoms with van der Waals surface area (Å²) >= 11 is 1.76. The minimum absolute atomic E-state index is 0. The van der Waals surface area contributed by atoms with E-state index in [9.17, 15) is 0 Å². The molecule has 0 saturated carbocycles. The van der Waals surface area contributed by atoms with Crippen LogP contribution in [0.2, 0.25) is 0 Å². The van der Waals surface area contributed by atoms with E-state index in [0.717, 1.165) is 31.3 Å². The van der Waals surface area contributed by atoms with Crippen LogP contribution in [0.5, 0.6) is 0 Å². The third kappa shape index (κ3) is 7.62. The zero-order chi connectivity index (χ0) is 17.2. The lowest BCUT2D eigenvalue weighted by atomic mass is 10.2. The average Bonchev–Trinajstić information content (AvgIpc) is 3.01. The van der Waals surface area contributed by atoms with E-state index in [1.54, 1.807) is 25.5 Å². The summed E-state index contributed by atoms with van der Waals surface area (Å²) in [6.45, 7) is 5.18. The number of aliphatic imine (C=N–C) groups is 1. The lowest BCUT2D eigenvalue weighted by molar-refractivity contribution is 0.211. The van der Waals surface area contributed by atoms with Crippen LogP contribution in [-0.2, 0) is 17.8 Å². The van der Waals surface area contributed by atoms with E-state index in [1.807, 2.05) is 0 Å². The van der Waals surface area contributed by atoms with Crippen molar-refractivity contribution in [1.29, 1.82) is 0 Å². The molecule has 0 amide bonds. The summed E-state index contributed by atoms with van der Waals surface area (Å²) in [7, 11) is 3.50. The molecule has 1 aromatic carbocycles. The normalized spacial score (nSPS) is 10.9. The number of rotatable bonds is 8. The monoisotopic (exact) mass is 474 g/mol. The number of thiophene rings is 1. The molecule has 3 N–H and O–H groups in total. The molecule has 0 spiro atoms. The number of hydrogen-bond donors (Lipinski definition) is 3. The van der Waals surface area contributed by atoms with Crippen molar-refractivity contribution in [2.75, 3.05) is 32.6 Å². The highest BCUT2D eigenvalue weighted by atomic mass is 127. The summed E-state index contributed by atoms with van der Waals surface area (Å²) in [4.78, 5) is 5.61. The number of anilines is 1. The first-order chi connectivity index (χ1) is 11.7. The maximum Gasteiger partial charge on any atom is 0.191 e. The average molecular weight is 474 g/mol. The number of methoxy groups -OCH3 is 1. The van der Waals surface area contributed by atoms with Gasteiger partial charge in [-0.05, 0) is 41.6 Å². The maximum atomic E-state index is 5.03. The molecule has 2 aromatic rings. The first-order valence-electron chi connectivity index (χ1n) is 8.02. The minimum atomic E-state index is 0. The van der Waals surface area contributed by atoms with Crippen LogP contribution in [0.25, 0.3) is 0 Å². The molecule has 1 heterocycles. The van der Waals surface area contributed by atoms with E-state index in [-0.39, 0.29) is 24.0 Å². The number of aryl methyl sites for hydroxylation is 1. The largest absolute Gasteiger partial charge is 0.383 e. The van der Waals surface area contributed by atoms with Crippen LogP contribution in [0.3, 0.4) is 0 Å². The SMILES string of the molecule is CN=C(NCc1ccc(NCCOC)cc1)NCc1sccc1C.I. The second-order valence-electron chi connectivity index (χ2n) is 5.42. The van der Waals surface area contributed by atoms with Crippen LogP contribution in [0.15, 0.2) is 40.7 Å². The molecule has 0 saturated heterocycles. The van der Waals surface area contributed by atoms with E-state index in [2.05, 4.69) is 63.6 Å². The van der Waals surface area contributed by atoms with Crippen molar-refractivity contribution >= 4 is 47.0 Å². The molecule has 138 valence electrons. The van der Waals surface area contributed by atoms with Crippen molar-refractivity contribution in [3.8, 4) is 0 Å². The number of benzene rings is 1. The summed E-state index contributed by atoms with van der Waals surface area (Å²) in [6, 6.07) is 10.5. The molecular formula is C18H27IN4OS. The highest BCUT2D eigenvalue weighted by Gasteiger charge is 2.02. The summed E-state index contributed by atoms with van der Waals surface area (Å²) < 4.78 is 5.03. The Labute approximate surface area is 171 Å². The van der Waals surface area contributed by atoms with Crippen molar-refractivity contribution in [2.24, 2.45) is 4.99 Å². The van der Waals surface area contributed by atoms with Crippen molar-refractivity contribution in [3.63, 3.8) is 0 Å². The molecule has 0 unspecified atom stereocenters. The van der Waals surface area contributed by atoms with Gasteiger partial charge in [0.1, 0.15) is 0 Å². The third-order valence-electron chi connectivity index (χ3n) is 3.66. The molecule has 2 rings (SSSR count). The fourth-order valence-electron chi connectivity index (χ4n) is 2.19. The lowest BCUT2D eigenvalue weighted by Crippen LogP contribution is -2.36. The zero-order valence-electron chi connectivity index (χ0n) is 15.0. The van der Waals surface area contributed by atoms with E-state index in [0.29, 0.717) is 6.61 Å². The lowest BCUT2D eigenvalue weighted by Gasteiger charge is -2.12. The van der Waals surface area contributed by atoms with Gasteiger partial charge in [0.15, 0.2) is 5.96 Å². The number of guanidine groups is 1. The summed E-state index contributed by atoms with van der Waals surface area (Å²) in [5, 5.41) is 12.1. The van der Waals surface area contributed by atoms with Gasteiger partial charge in [0.25, 0.3) is 0 Å². The second kappa shape index (κ2) is 12.1. The number of hydrogen-bond acceptors (Lipinski definition) is 4. The van der Waals surface area contributed by atoms with Crippen LogP contribution >= 0.6 is 35.3 Å². The zero-order valence-corrected chi connectivity index (χ0v) is 18.1. The van der Waals surface area contributed by atoms with Gasteiger partial charge in [-0.3, -0.25) is 4.99 Å². The van der Waals surface area contributed by atoms with Crippen molar-refractivity contribution in [2.45, 2.75) is 20.0 Å². The van der Waals surface area contributed by atoms with Crippen LogP contribution in [0.1, 0.15) is 16.0 Å². The minimum Gasteiger partial charge on any atom is -0.383 e. The van der Waals surface area contributed by atoms with Gasteiger partial charge < -0.3 is 20.7 Å². The molecule has 0 aliphatic heterocycles. The van der Waals surface area contributed by atoms with E-state index < -0.39 is 0 Å². The Hall–Kier alpha value is -1.32. The number of ether oxygens (including phenoxy) is 1. The third-order valence-corrected chi connectivity index (χ3v) is 4.68. The van der Waals surface area contributed by atoms with Gasteiger partial charge in [-0.25, -0.2) is 0 Å². The van der Waals surface area contributed by atoms with E-state index in [4.69, 9.17) is 4.74 Å². The summed E-state index contributed by atoms with van der Waals surface area (Å²) in [5.41, 5.74) is 3.63. The smallest absolute Gasteiger partial charge is 0.191 e. The van der Waals surface area contributed by atoms with Gasteiger partial charge in [0, 0.05) is 37.8 Å². The molecule has 0 aliphatic carbocycles. The molecule has 0 bridgehead atoms. The molecule has 0 radical (unpaired) electrons. The molecule has 0 atom stereocenters. The van der Waals surface area contributed by atoms with Crippen LogP contribution in [0, 0.1) is 6.92 Å². The van der Waals surface area contributed by atoms with Crippen molar-refractivity contribution in [3.05, 3.63) is 51.7 Å². The molecule has 1 aromatic heterocycles. The summed E-state index contributed by atoms with van der Waals surface area (Å²) in [6.07, 6.45) is 0. The first-order valence-corrected chi connectivity index (χ1v) is 8.90. The Morgan fingerprint density at radius 1 is 1.12 bits per heavy atom. The topological polar surface area (TPSA) is 57.7 Å². The van der Waals surface area contributed by atoms with Gasteiger partial charge >= 0.3 is 0 Å². The quantitative estimate of drug-likeness (QED) is 0.237. The van der Waals surface area contributed by atoms with E-state index >= 15 is 0 Å². The molecular weight excluding hydrogens is 447 g/mol. The molecule has 5 nitrogen and oxygen atoms in total.